The number of benzene rings is 1. The third-order valence-electron chi connectivity index (χ3n) is 4.40. The maximum Gasteiger partial charge on any atom is 0.317 e. The molecule has 120 valence electrons. The number of nitrogens with one attached hydrogen (secondary N) is 1. The van der Waals surface area contributed by atoms with Gasteiger partial charge in [0.25, 0.3) is 0 Å². The topological polar surface area (TPSA) is 58.1 Å². The summed E-state index contributed by atoms with van der Waals surface area (Å²) in [5.74, 6) is 0.597. The van der Waals surface area contributed by atoms with Gasteiger partial charge in [-0.25, -0.2) is 4.79 Å². The number of likely N-dealkylation sites (tertiary alicyclic amines) is 1. The lowest BCUT2D eigenvalue weighted by atomic mass is 10.0. The second-order valence-corrected chi connectivity index (χ2v) is 6.06. The van der Waals surface area contributed by atoms with E-state index in [1.165, 1.54) is 5.56 Å². The summed E-state index contributed by atoms with van der Waals surface area (Å²) >= 11 is 0. The van der Waals surface area contributed by atoms with Crippen molar-refractivity contribution in [2.75, 3.05) is 19.6 Å². The summed E-state index contributed by atoms with van der Waals surface area (Å²) in [6.45, 7) is 4.26. The van der Waals surface area contributed by atoms with Crippen LogP contribution in [0.4, 0.5) is 4.79 Å². The van der Waals surface area contributed by atoms with E-state index in [1.807, 2.05) is 23.1 Å². The fourth-order valence-electron chi connectivity index (χ4n) is 2.96. The van der Waals surface area contributed by atoms with Crippen LogP contribution in [0.5, 0.6) is 0 Å². The molecule has 1 aliphatic rings. The van der Waals surface area contributed by atoms with Crippen LogP contribution < -0.4 is 5.32 Å². The average Bonchev–Trinajstić information content (AvgIpc) is 3.11. The smallest absolute Gasteiger partial charge is 0.317 e. The van der Waals surface area contributed by atoms with Crippen molar-refractivity contribution in [1.82, 2.24) is 20.2 Å². The van der Waals surface area contributed by atoms with Gasteiger partial charge >= 0.3 is 6.03 Å². The summed E-state index contributed by atoms with van der Waals surface area (Å²) in [6, 6.07) is 10.3. The van der Waals surface area contributed by atoms with E-state index in [0.29, 0.717) is 24.9 Å². The largest absolute Gasteiger partial charge is 0.337 e. The van der Waals surface area contributed by atoms with E-state index in [-0.39, 0.29) is 6.03 Å². The quantitative estimate of drug-likeness (QED) is 0.944. The number of hydrogen-bond donors (Lipinski definition) is 1. The van der Waals surface area contributed by atoms with Gasteiger partial charge in [0.05, 0.1) is 5.69 Å². The van der Waals surface area contributed by atoms with Crippen molar-refractivity contribution in [1.29, 1.82) is 0 Å². The number of carbonyl (C=O) groups is 1. The van der Waals surface area contributed by atoms with E-state index in [2.05, 4.69) is 34.3 Å². The maximum atomic E-state index is 12.3. The average molecular weight is 310 g/mol. The number of nitrogens with zero attached hydrogens (tertiary/aromatic N) is 3. The Kier molecular flexibility index (Phi) is 4.86. The molecular formula is C18H22N4O. The van der Waals surface area contributed by atoms with Crippen LogP contribution >= 0.6 is 0 Å². The Morgan fingerprint density at radius 1 is 1.35 bits per heavy atom. The number of hydrogen-bond acceptors (Lipinski definition) is 3. The van der Waals surface area contributed by atoms with Crippen LogP contribution in [0.1, 0.15) is 36.4 Å². The standard InChI is InChI=1S/C18H22N4O/c1-14(15-5-3-2-4-6-15)11-21-18(23)22-10-7-16(13-22)17-12-19-8-9-20-17/h2-6,8-9,12,14,16H,7,10-11,13H2,1H3,(H,21,23)/t14-,16?/m1/s1. The molecule has 3 rings (SSSR count). The van der Waals surface area contributed by atoms with Crippen molar-refractivity contribution < 1.29 is 4.79 Å². The molecule has 1 aromatic carbocycles. The third-order valence-corrected chi connectivity index (χ3v) is 4.40. The Bertz CT molecular complexity index is 632. The van der Waals surface area contributed by atoms with Gasteiger partial charge in [-0.2, -0.15) is 0 Å². The molecule has 2 atom stereocenters. The summed E-state index contributed by atoms with van der Waals surface area (Å²) in [7, 11) is 0. The van der Waals surface area contributed by atoms with E-state index in [1.54, 1.807) is 18.6 Å². The Labute approximate surface area is 136 Å². The van der Waals surface area contributed by atoms with Crippen molar-refractivity contribution in [2.45, 2.75) is 25.2 Å². The molecular weight excluding hydrogens is 288 g/mol. The van der Waals surface area contributed by atoms with Crippen LogP contribution in [0.2, 0.25) is 0 Å². The van der Waals surface area contributed by atoms with Crippen molar-refractivity contribution in [3.05, 3.63) is 60.2 Å². The van der Waals surface area contributed by atoms with Crippen LogP contribution in [0.15, 0.2) is 48.9 Å². The predicted octanol–water partition coefficient (Wildman–Crippen LogP) is 2.78. The molecule has 5 nitrogen and oxygen atoms in total. The van der Waals surface area contributed by atoms with Crippen LogP contribution in [-0.4, -0.2) is 40.5 Å². The van der Waals surface area contributed by atoms with Gasteiger partial charge in [-0.1, -0.05) is 37.3 Å². The molecule has 0 aliphatic carbocycles. The first-order valence-electron chi connectivity index (χ1n) is 8.07. The second-order valence-electron chi connectivity index (χ2n) is 6.06. The first-order chi connectivity index (χ1) is 11.2. The fraction of sp³-hybridized carbons (Fsp3) is 0.389. The van der Waals surface area contributed by atoms with E-state index < -0.39 is 0 Å². The maximum absolute atomic E-state index is 12.3. The molecule has 1 saturated heterocycles. The first kappa shape index (κ1) is 15.5. The fourth-order valence-corrected chi connectivity index (χ4v) is 2.96. The lowest BCUT2D eigenvalue weighted by Gasteiger charge is -2.19. The molecule has 1 fully saturated rings. The molecule has 1 aromatic heterocycles. The molecule has 1 N–H and O–H groups in total. The molecule has 23 heavy (non-hydrogen) atoms. The highest BCUT2D eigenvalue weighted by atomic mass is 16.2. The monoisotopic (exact) mass is 310 g/mol. The number of amides is 2. The van der Waals surface area contributed by atoms with Gasteiger partial charge in [0.2, 0.25) is 0 Å². The van der Waals surface area contributed by atoms with Crippen LogP contribution in [0.3, 0.4) is 0 Å². The summed E-state index contributed by atoms with van der Waals surface area (Å²) in [4.78, 5) is 22.7. The number of rotatable bonds is 4. The summed E-state index contributed by atoms with van der Waals surface area (Å²) in [6.07, 6.45) is 6.12. The third kappa shape index (κ3) is 3.86. The lowest BCUT2D eigenvalue weighted by Crippen LogP contribution is -2.39. The lowest BCUT2D eigenvalue weighted by molar-refractivity contribution is 0.207. The van der Waals surface area contributed by atoms with Crippen molar-refractivity contribution in [3.63, 3.8) is 0 Å². The number of carbonyl (C=O) groups excluding carboxylic acids is 1. The number of aromatic nitrogens is 2. The Morgan fingerprint density at radius 2 is 2.17 bits per heavy atom. The normalized spacial score (nSPS) is 18.7. The summed E-state index contributed by atoms with van der Waals surface area (Å²) in [5, 5.41) is 3.05. The highest BCUT2D eigenvalue weighted by Gasteiger charge is 2.28. The highest BCUT2D eigenvalue weighted by molar-refractivity contribution is 5.74. The van der Waals surface area contributed by atoms with Gasteiger partial charge in [0.1, 0.15) is 0 Å². The first-order valence-corrected chi connectivity index (χ1v) is 8.07. The predicted molar refractivity (Wildman–Crippen MR) is 89.2 cm³/mol. The van der Waals surface area contributed by atoms with Crippen LogP contribution in [0.25, 0.3) is 0 Å². The van der Waals surface area contributed by atoms with E-state index >= 15 is 0 Å². The molecule has 2 amide bonds. The van der Waals surface area contributed by atoms with E-state index in [4.69, 9.17) is 0 Å². The molecule has 1 aliphatic heterocycles. The van der Waals surface area contributed by atoms with Crippen molar-refractivity contribution in [2.24, 2.45) is 0 Å². The second kappa shape index (κ2) is 7.22. The minimum Gasteiger partial charge on any atom is -0.337 e. The van der Waals surface area contributed by atoms with Crippen LogP contribution in [0, 0.1) is 0 Å². The molecule has 0 radical (unpaired) electrons. The molecule has 0 spiro atoms. The van der Waals surface area contributed by atoms with Gasteiger partial charge in [-0.15, -0.1) is 0 Å². The molecule has 0 saturated carbocycles. The zero-order valence-corrected chi connectivity index (χ0v) is 13.4. The van der Waals surface area contributed by atoms with Crippen LogP contribution in [-0.2, 0) is 0 Å². The van der Waals surface area contributed by atoms with Crippen molar-refractivity contribution >= 4 is 6.03 Å². The molecule has 1 unspecified atom stereocenters. The van der Waals surface area contributed by atoms with Crippen molar-refractivity contribution in [3.8, 4) is 0 Å². The number of urea groups is 1. The molecule has 2 heterocycles. The molecule has 0 bridgehead atoms. The summed E-state index contributed by atoms with van der Waals surface area (Å²) < 4.78 is 0. The zero-order valence-electron chi connectivity index (χ0n) is 13.4. The van der Waals surface area contributed by atoms with Gasteiger partial charge < -0.3 is 10.2 Å². The zero-order chi connectivity index (χ0) is 16.1. The van der Waals surface area contributed by atoms with Gasteiger partial charge in [0, 0.05) is 44.1 Å². The van der Waals surface area contributed by atoms with Gasteiger partial charge in [0.15, 0.2) is 0 Å². The Balaban J connectivity index is 1.50. The minimum absolute atomic E-state index is 0.0131. The Hall–Kier alpha value is -2.43. The van der Waals surface area contributed by atoms with E-state index in [0.717, 1.165) is 18.7 Å². The highest BCUT2D eigenvalue weighted by Crippen LogP contribution is 2.25. The summed E-state index contributed by atoms with van der Waals surface area (Å²) in [5.41, 5.74) is 2.21. The van der Waals surface area contributed by atoms with E-state index in [9.17, 15) is 4.79 Å². The molecule has 5 heteroatoms. The Morgan fingerprint density at radius 3 is 2.91 bits per heavy atom. The SMILES string of the molecule is C[C@H](CNC(=O)N1CCC(c2cnccn2)C1)c1ccccc1. The van der Waals surface area contributed by atoms with Gasteiger partial charge in [-0.05, 0) is 17.9 Å². The minimum atomic E-state index is 0.0131. The van der Waals surface area contributed by atoms with Gasteiger partial charge in [-0.3, -0.25) is 9.97 Å². The molecule has 2 aromatic rings.